The van der Waals surface area contributed by atoms with Crippen molar-refractivity contribution in [1.29, 1.82) is 0 Å². The molecule has 1 aliphatic rings. The summed E-state index contributed by atoms with van der Waals surface area (Å²) in [6.07, 6.45) is 0. The fourth-order valence-electron chi connectivity index (χ4n) is 2.74. The summed E-state index contributed by atoms with van der Waals surface area (Å²) in [6, 6.07) is 9.36. The van der Waals surface area contributed by atoms with Gasteiger partial charge in [0, 0.05) is 5.69 Å². The quantitative estimate of drug-likeness (QED) is 0.630. The van der Waals surface area contributed by atoms with Crippen LogP contribution in [0.15, 0.2) is 40.8 Å². The maximum atomic E-state index is 12.7. The number of rotatable bonds is 4. The van der Waals surface area contributed by atoms with Crippen molar-refractivity contribution in [3.63, 3.8) is 0 Å². The molecule has 0 N–H and O–H groups in total. The van der Waals surface area contributed by atoms with Crippen LogP contribution in [0.1, 0.15) is 28.8 Å². The Labute approximate surface area is 144 Å². The lowest BCUT2D eigenvalue weighted by molar-refractivity contribution is -0.127. The number of anilines is 1. The number of hydrogen-bond donors (Lipinski definition) is 0. The Morgan fingerprint density at radius 3 is 2.48 bits per heavy atom. The molecule has 1 aromatic heterocycles. The Kier molecular flexibility index (Phi) is 4.31. The number of hydrogen-bond acceptors (Lipinski definition) is 5. The SMILES string of the molecule is COC(=O)c1ccc(CN2C(=O)[C@@H](C)N(c3ccc(C)cc3)C2=O)o1. The summed E-state index contributed by atoms with van der Waals surface area (Å²) in [4.78, 5) is 39.2. The van der Waals surface area contributed by atoms with Crippen molar-refractivity contribution in [3.8, 4) is 0 Å². The number of esters is 1. The van der Waals surface area contributed by atoms with Crippen LogP contribution >= 0.6 is 0 Å². The van der Waals surface area contributed by atoms with Gasteiger partial charge in [-0.05, 0) is 38.1 Å². The van der Waals surface area contributed by atoms with E-state index in [1.165, 1.54) is 18.1 Å². The molecule has 1 atom stereocenters. The Hall–Kier alpha value is -3.09. The van der Waals surface area contributed by atoms with Gasteiger partial charge in [0.15, 0.2) is 0 Å². The topological polar surface area (TPSA) is 80.1 Å². The van der Waals surface area contributed by atoms with Gasteiger partial charge < -0.3 is 9.15 Å². The van der Waals surface area contributed by atoms with Gasteiger partial charge >= 0.3 is 12.0 Å². The summed E-state index contributed by atoms with van der Waals surface area (Å²) in [6.45, 7) is 3.59. The van der Waals surface area contributed by atoms with Crippen LogP contribution in [-0.4, -0.2) is 36.0 Å². The lowest BCUT2D eigenvalue weighted by Crippen LogP contribution is -2.33. The van der Waals surface area contributed by atoms with Gasteiger partial charge in [-0.25, -0.2) is 9.59 Å². The molecule has 2 aromatic rings. The van der Waals surface area contributed by atoms with Crippen molar-refractivity contribution in [2.75, 3.05) is 12.0 Å². The Bertz CT molecular complexity index is 824. The predicted octanol–water partition coefficient (Wildman–Crippen LogP) is 2.73. The summed E-state index contributed by atoms with van der Waals surface area (Å²) in [5, 5.41) is 0. The third-order valence-electron chi connectivity index (χ3n) is 4.12. The fraction of sp³-hybridized carbons (Fsp3) is 0.278. The third-order valence-corrected chi connectivity index (χ3v) is 4.12. The summed E-state index contributed by atoms with van der Waals surface area (Å²) in [7, 11) is 1.25. The number of imide groups is 1. The number of methoxy groups -OCH3 is 1. The van der Waals surface area contributed by atoms with Crippen molar-refractivity contribution < 1.29 is 23.5 Å². The first-order valence-corrected chi connectivity index (χ1v) is 7.80. The molecule has 3 amide bonds. The van der Waals surface area contributed by atoms with Crippen molar-refractivity contribution in [2.45, 2.75) is 26.4 Å². The average molecular weight is 342 g/mol. The van der Waals surface area contributed by atoms with E-state index in [1.807, 2.05) is 31.2 Å². The summed E-state index contributed by atoms with van der Waals surface area (Å²) in [5.41, 5.74) is 1.73. The molecular formula is C18H18N2O5. The monoisotopic (exact) mass is 342 g/mol. The second-order valence-electron chi connectivity index (χ2n) is 5.85. The second kappa shape index (κ2) is 6.43. The van der Waals surface area contributed by atoms with Gasteiger partial charge in [-0.3, -0.25) is 14.6 Å². The van der Waals surface area contributed by atoms with E-state index in [0.29, 0.717) is 11.4 Å². The number of benzene rings is 1. The second-order valence-corrected chi connectivity index (χ2v) is 5.85. The minimum atomic E-state index is -0.611. The van der Waals surface area contributed by atoms with Crippen molar-refractivity contribution >= 4 is 23.6 Å². The van der Waals surface area contributed by atoms with Crippen molar-refractivity contribution in [2.24, 2.45) is 0 Å². The highest BCUT2D eigenvalue weighted by molar-refractivity contribution is 6.13. The van der Waals surface area contributed by atoms with Gasteiger partial charge in [0.05, 0.1) is 13.7 Å². The lowest BCUT2D eigenvalue weighted by Gasteiger charge is -2.19. The number of aryl methyl sites for hydroxylation is 1. The van der Waals surface area contributed by atoms with Crippen LogP contribution in [0.4, 0.5) is 10.5 Å². The number of carbonyl (C=O) groups is 3. The molecule has 7 heteroatoms. The molecule has 2 heterocycles. The van der Waals surface area contributed by atoms with Crippen molar-refractivity contribution in [3.05, 3.63) is 53.5 Å². The van der Waals surface area contributed by atoms with Gasteiger partial charge in [-0.2, -0.15) is 0 Å². The van der Waals surface area contributed by atoms with Crippen LogP contribution in [0.3, 0.4) is 0 Å². The first-order valence-electron chi connectivity index (χ1n) is 7.80. The zero-order chi connectivity index (χ0) is 18.1. The average Bonchev–Trinajstić information content (AvgIpc) is 3.15. The number of carbonyl (C=O) groups excluding carboxylic acids is 3. The molecule has 0 aliphatic carbocycles. The Balaban J connectivity index is 1.82. The smallest absolute Gasteiger partial charge is 0.373 e. The molecule has 0 radical (unpaired) electrons. The Morgan fingerprint density at radius 1 is 1.16 bits per heavy atom. The Morgan fingerprint density at radius 2 is 1.84 bits per heavy atom. The molecule has 1 aromatic carbocycles. The highest BCUT2D eigenvalue weighted by Gasteiger charge is 2.43. The molecule has 1 aliphatic heterocycles. The lowest BCUT2D eigenvalue weighted by atomic mass is 10.2. The molecule has 0 spiro atoms. The van der Waals surface area contributed by atoms with E-state index in [1.54, 1.807) is 13.0 Å². The first-order chi connectivity index (χ1) is 11.9. The molecule has 3 rings (SSSR count). The number of urea groups is 1. The van der Waals surface area contributed by atoms with E-state index >= 15 is 0 Å². The zero-order valence-corrected chi connectivity index (χ0v) is 14.2. The third kappa shape index (κ3) is 3.00. The molecule has 25 heavy (non-hydrogen) atoms. The molecule has 1 saturated heterocycles. The van der Waals surface area contributed by atoms with Crippen molar-refractivity contribution in [1.82, 2.24) is 4.90 Å². The van der Waals surface area contributed by atoms with E-state index in [-0.39, 0.29) is 18.2 Å². The molecule has 0 bridgehead atoms. The molecule has 0 saturated carbocycles. The maximum Gasteiger partial charge on any atom is 0.373 e. The van der Waals surface area contributed by atoms with Gasteiger partial charge in [-0.15, -0.1) is 0 Å². The minimum Gasteiger partial charge on any atom is -0.463 e. The van der Waals surface area contributed by atoms with E-state index in [2.05, 4.69) is 4.74 Å². The minimum absolute atomic E-state index is 0.0278. The number of amides is 3. The highest BCUT2D eigenvalue weighted by Crippen LogP contribution is 2.27. The number of furan rings is 1. The van der Waals surface area contributed by atoms with E-state index in [4.69, 9.17) is 4.42 Å². The predicted molar refractivity (Wildman–Crippen MR) is 89.1 cm³/mol. The van der Waals surface area contributed by atoms with Crippen LogP contribution < -0.4 is 4.90 Å². The van der Waals surface area contributed by atoms with Gasteiger partial charge in [0.25, 0.3) is 5.91 Å². The fourth-order valence-corrected chi connectivity index (χ4v) is 2.74. The van der Waals surface area contributed by atoms with E-state index < -0.39 is 18.0 Å². The van der Waals surface area contributed by atoms with Crippen LogP contribution in [0.5, 0.6) is 0 Å². The normalized spacial score (nSPS) is 17.3. The van der Waals surface area contributed by atoms with Crippen LogP contribution in [0.25, 0.3) is 0 Å². The largest absolute Gasteiger partial charge is 0.463 e. The van der Waals surface area contributed by atoms with Gasteiger partial charge in [0.2, 0.25) is 5.76 Å². The molecule has 1 fully saturated rings. The maximum absolute atomic E-state index is 12.7. The van der Waals surface area contributed by atoms with Crippen LogP contribution in [-0.2, 0) is 16.1 Å². The summed E-state index contributed by atoms with van der Waals surface area (Å²) < 4.78 is 9.92. The zero-order valence-electron chi connectivity index (χ0n) is 14.2. The summed E-state index contributed by atoms with van der Waals surface area (Å²) >= 11 is 0. The molecule has 0 unspecified atom stereocenters. The molecular weight excluding hydrogens is 324 g/mol. The van der Waals surface area contributed by atoms with E-state index in [9.17, 15) is 14.4 Å². The first kappa shape index (κ1) is 16.8. The van der Waals surface area contributed by atoms with E-state index in [0.717, 1.165) is 10.5 Å². The molecule has 7 nitrogen and oxygen atoms in total. The van der Waals surface area contributed by atoms with Gasteiger partial charge in [-0.1, -0.05) is 17.7 Å². The highest BCUT2D eigenvalue weighted by atomic mass is 16.5. The van der Waals surface area contributed by atoms with Gasteiger partial charge in [0.1, 0.15) is 11.8 Å². The summed E-state index contributed by atoms with van der Waals surface area (Å²) in [5.74, 6) is -0.568. The molecule has 130 valence electrons. The number of nitrogens with zero attached hydrogens (tertiary/aromatic N) is 2. The standard InChI is InChI=1S/C18H18N2O5/c1-11-4-6-13(7-5-11)20-12(2)16(21)19(18(20)23)10-14-8-9-15(25-14)17(22)24-3/h4-9,12H,10H2,1-3H3/t12-/m1/s1. The van der Waals surface area contributed by atoms with Crippen LogP contribution in [0, 0.1) is 6.92 Å². The number of ether oxygens (including phenoxy) is 1. The van der Waals surface area contributed by atoms with Crippen LogP contribution in [0.2, 0.25) is 0 Å².